The minimum atomic E-state index is -0.591. The van der Waals surface area contributed by atoms with Crippen LogP contribution in [-0.4, -0.2) is 43.4 Å². The van der Waals surface area contributed by atoms with E-state index in [4.69, 9.17) is 9.26 Å². The van der Waals surface area contributed by atoms with Gasteiger partial charge in [-0.05, 0) is 19.1 Å². The van der Waals surface area contributed by atoms with Crippen LogP contribution in [0.2, 0.25) is 0 Å². The van der Waals surface area contributed by atoms with Crippen molar-refractivity contribution in [1.29, 1.82) is 0 Å². The van der Waals surface area contributed by atoms with Gasteiger partial charge in [-0.25, -0.2) is 0 Å². The van der Waals surface area contributed by atoms with Crippen LogP contribution >= 0.6 is 0 Å². The average Bonchev–Trinajstić information content (AvgIpc) is 3.44. The summed E-state index contributed by atoms with van der Waals surface area (Å²) >= 11 is 0. The number of amides is 1. The Kier molecular flexibility index (Phi) is 5.18. The summed E-state index contributed by atoms with van der Waals surface area (Å²) in [6.45, 7) is 2.80. The second kappa shape index (κ2) is 8.30. The van der Waals surface area contributed by atoms with Gasteiger partial charge in [-0.2, -0.15) is 10.1 Å². The molecular weight excluding hydrogens is 406 g/mol. The predicted molar refractivity (Wildman–Crippen MR) is 118 cm³/mol. The van der Waals surface area contributed by atoms with Crippen molar-refractivity contribution in [1.82, 2.24) is 24.8 Å². The minimum absolute atomic E-state index is 0.0650. The summed E-state index contributed by atoms with van der Waals surface area (Å²) in [5, 5.41) is 8.74. The Morgan fingerprint density at radius 3 is 2.56 bits per heavy atom. The SMILES string of the molecule is CC(Oc1ccccc1)C(=O)N1CCc2c(c(-c3nc(-c4ccccc4)no3)nn2C)C1. The molecule has 4 aromatic rings. The van der Waals surface area contributed by atoms with Crippen molar-refractivity contribution in [3.05, 3.63) is 71.9 Å². The fourth-order valence-corrected chi connectivity index (χ4v) is 3.99. The smallest absolute Gasteiger partial charge is 0.279 e. The summed E-state index contributed by atoms with van der Waals surface area (Å²) < 4.78 is 13.2. The molecule has 2 aromatic heterocycles. The predicted octanol–water partition coefficient (Wildman–Crippen LogP) is 3.49. The summed E-state index contributed by atoms with van der Waals surface area (Å²) in [5.41, 5.74) is 3.49. The van der Waals surface area contributed by atoms with Crippen molar-refractivity contribution < 1.29 is 14.1 Å². The summed E-state index contributed by atoms with van der Waals surface area (Å²) in [5.74, 6) is 1.47. The molecule has 3 heterocycles. The fourth-order valence-electron chi connectivity index (χ4n) is 3.99. The van der Waals surface area contributed by atoms with Crippen molar-refractivity contribution in [2.45, 2.75) is 26.0 Å². The second-order valence-electron chi connectivity index (χ2n) is 7.77. The molecule has 0 N–H and O–H groups in total. The first kappa shape index (κ1) is 20.0. The number of para-hydroxylation sites is 1. The van der Waals surface area contributed by atoms with Crippen LogP contribution in [-0.2, 0) is 24.8 Å². The Balaban J connectivity index is 1.38. The second-order valence-corrected chi connectivity index (χ2v) is 7.77. The molecule has 0 spiro atoms. The maximum atomic E-state index is 13.1. The van der Waals surface area contributed by atoms with Crippen LogP contribution in [0.3, 0.4) is 0 Å². The van der Waals surface area contributed by atoms with E-state index in [-0.39, 0.29) is 5.91 Å². The number of rotatable bonds is 5. The number of carbonyl (C=O) groups excluding carboxylic acids is 1. The number of hydrogen-bond acceptors (Lipinski definition) is 6. The van der Waals surface area contributed by atoms with Crippen molar-refractivity contribution in [2.75, 3.05) is 6.54 Å². The first-order chi connectivity index (χ1) is 15.6. The maximum Gasteiger partial charge on any atom is 0.279 e. The molecule has 5 rings (SSSR count). The average molecular weight is 429 g/mol. The summed E-state index contributed by atoms with van der Waals surface area (Å²) in [6.07, 6.45) is 0.106. The van der Waals surface area contributed by atoms with Gasteiger partial charge in [-0.15, -0.1) is 0 Å². The number of benzene rings is 2. The van der Waals surface area contributed by atoms with E-state index in [0.717, 1.165) is 16.8 Å². The van der Waals surface area contributed by atoms with Crippen molar-refractivity contribution >= 4 is 5.91 Å². The third-order valence-corrected chi connectivity index (χ3v) is 5.62. The number of ether oxygens (including phenoxy) is 1. The third-order valence-electron chi connectivity index (χ3n) is 5.62. The molecule has 8 nitrogen and oxygen atoms in total. The number of fused-ring (bicyclic) bond motifs is 1. The standard InChI is InChI=1S/C24H23N5O3/c1-16(31-18-11-7-4-8-12-18)24(30)29-14-13-20-19(15-29)21(26-28(20)2)23-25-22(27-32-23)17-9-5-3-6-10-17/h3-12,16H,13-15H2,1-2H3. The first-order valence-corrected chi connectivity index (χ1v) is 10.5. The van der Waals surface area contributed by atoms with E-state index >= 15 is 0 Å². The van der Waals surface area contributed by atoms with E-state index in [9.17, 15) is 4.79 Å². The molecular formula is C24H23N5O3. The zero-order valence-electron chi connectivity index (χ0n) is 17.9. The zero-order valence-corrected chi connectivity index (χ0v) is 17.9. The molecule has 0 radical (unpaired) electrons. The van der Waals surface area contributed by atoms with Crippen LogP contribution in [0.4, 0.5) is 0 Å². The van der Waals surface area contributed by atoms with Gasteiger partial charge in [0.25, 0.3) is 11.8 Å². The van der Waals surface area contributed by atoms with Crippen molar-refractivity contribution in [3.8, 4) is 28.7 Å². The number of nitrogens with zero attached hydrogens (tertiary/aromatic N) is 5. The highest BCUT2D eigenvalue weighted by Crippen LogP contribution is 2.30. The van der Waals surface area contributed by atoms with E-state index < -0.39 is 6.10 Å². The van der Waals surface area contributed by atoms with Crippen LogP contribution in [0.15, 0.2) is 65.2 Å². The fraction of sp³-hybridized carbons (Fsp3) is 0.250. The summed E-state index contributed by atoms with van der Waals surface area (Å²) in [4.78, 5) is 19.4. The lowest BCUT2D eigenvalue weighted by Gasteiger charge is -2.29. The molecule has 0 fully saturated rings. The van der Waals surface area contributed by atoms with Crippen molar-refractivity contribution in [3.63, 3.8) is 0 Å². The summed E-state index contributed by atoms with van der Waals surface area (Å²) in [7, 11) is 1.90. The molecule has 0 saturated heterocycles. The lowest BCUT2D eigenvalue weighted by molar-refractivity contribution is -0.138. The topological polar surface area (TPSA) is 86.3 Å². The quantitative estimate of drug-likeness (QED) is 0.483. The molecule has 1 atom stereocenters. The Labute approximate surface area is 185 Å². The normalized spacial score (nSPS) is 14.1. The van der Waals surface area contributed by atoms with Crippen molar-refractivity contribution in [2.24, 2.45) is 7.05 Å². The molecule has 0 bridgehead atoms. The van der Waals surface area contributed by atoms with Gasteiger partial charge in [0.2, 0.25) is 5.82 Å². The highest BCUT2D eigenvalue weighted by atomic mass is 16.5. The Morgan fingerprint density at radius 1 is 1.09 bits per heavy atom. The Hall–Kier alpha value is -3.94. The van der Waals surface area contributed by atoms with Gasteiger partial charge < -0.3 is 14.2 Å². The lowest BCUT2D eigenvalue weighted by atomic mass is 10.0. The molecule has 32 heavy (non-hydrogen) atoms. The number of aryl methyl sites for hydroxylation is 1. The molecule has 2 aromatic carbocycles. The zero-order chi connectivity index (χ0) is 22.1. The van der Waals surface area contributed by atoms with E-state index in [2.05, 4.69) is 15.2 Å². The van der Waals surface area contributed by atoms with E-state index in [1.165, 1.54) is 0 Å². The Morgan fingerprint density at radius 2 is 1.81 bits per heavy atom. The lowest BCUT2D eigenvalue weighted by Crippen LogP contribution is -2.43. The molecule has 0 saturated carbocycles. The van der Waals surface area contributed by atoms with Crippen LogP contribution in [0.25, 0.3) is 23.0 Å². The molecule has 8 heteroatoms. The van der Waals surface area contributed by atoms with Gasteiger partial charge in [0.1, 0.15) is 5.75 Å². The maximum absolute atomic E-state index is 13.1. The monoisotopic (exact) mass is 429 g/mol. The largest absolute Gasteiger partial charge is 0.481 e. The van der Waals surface area contributed by atoms with Gasteiger partial charge in [0, 0.05) is 43.4 Å². The molecule has 162 valence electrons. The highest BCUT2D eigenvalue weighted by Gasteiger charge is 2.31. The molecule has 1 aliphatic heterocycles. The van der Waals surface area contributed by atoms with Crippen LogP contribution in [0.5, 0.6) is 5.75 Å². The molecule has 1 unspecified atom stereocenters. The highest BCUT2D eigenvalue weighted by molar-refractivity contribution is 5.81. The number of aromatic nitrogens is 4. The molecule has 1 aliphatic rings. The Bertz CT molecular complexity index is 1230. The molecule has 1 amide bonds. The van der Waals surface area contributed by atoms with Gasteiger partial charge in [0.05, 0.1) is 0 Å². The van der Waals surface area contributed by atoms with E-state index in [0.29, 0.717) is 42.7 Å². The third kappa shape index (κ3) is 3.75. The van der Waals surface area contributed by atoms with E-state index in [1.807, 2.05) is 72.4 Å². The van der Waals surface area contributed by atoms with Gasteiger partial charge >= 0.3 is 0 Å². The minimum Gasteiger partial charge on any atom is -0.481 e. The molecule has 0 aliphatic carbocycles. The van der Waals surface area contributed by atoms with Gasteiger partial charge in [-0.1, -0.05) is 53.7 Å². The van der Waals surface area contributed by atoms with Gasteiger partial charge in [-0.3, -0.25) is 9.48 Å². The first-order valence-electron chi connectivity index (χ1n) is 10.5. The number of carbonyl (C=O) groups is 1. The van der Waals surface area contributed by atoms with E-state index in [1.54, 1.807) is 11.8 Å². The summed E-state index contributed by atoms with van der Waals surface area (Å²) in [6, 6.07) is 19.0. The van der Waals surface area contributed by atoms with Crippen LogP contribution < -0.4 is 4.74 Å². The van der Waals surface area contributed by atoms with Crippen LogP contribution in [0, 0.1) is 0 Å². The van der Waals surface area contributed by atoms with Gasteiger partial charge in [0.15, 0.2) is 11.8 Å². The number of hydrogen-bond donors (Lipinski definition) is 0. The van der Waals surface area contributed by atoms with Crippen LogP contribution in [0.1, 0.15) is 18.2 Å².